The molecule has 2 N–H and O–H groups in total. The highest BCUT2D eigenvalue weighted by Gasteiger charge is 2.56. The van der Waals surface area contributed by atoms with Gasteiger partial charge in [0.15, 0.2) is 12.1 Å². The van der Waals surface area contributed by atoms with Crippen LogP contribution in [0.2, 0.25) is 0 Å². The van der Waals surface area contributed by atoms with Gasteiger partial charge in [-0.25, -0.2) is 0 Å². The lowest BCUT2D eigenvalue weighted by molar-refractivity contribution is -0.232. The third-order valence-corrected chi connectivity index (χ3v) is 4.54. The predicted molar refractivity (Wildman–Crippen MR) is 97.1 cm³/mol. The van der Waals surface area contributed by atoms with E-state index in [9.17, 15) is 10.2 Å². The van der Waals surface area contributed by atoms with Crippen LogP contribution in [-0.2, 0) is 25.6 Å². The zero-order chi connectivity index (χ0) is 19.6. The van der Waals surface area contributed by atoms with Crippen LogP contribution >= 0.6 is 0 Å². The van der Waals surface area contributed by atoms with Crippen LogP contribution in [0.4, 0.5) is 0 Å². The second-order valence-electron chi connectivity index (χ2n) is 7.94. The van der Waals surface area contributed by atoms with Crippen LogP contribution in [0.1, 0.15) is 33.3 Å². The summed E-state index contributed by atoms with van der Waals surface area (Å²) >= 11 is 0. The lowest BCUT2D eigenvalue weighted by Crippen LogP contribution is -2.44. The van der Waals surface area contributed by atoms with Gasteiger partial charge in [-0.15, -0.1) is 0 Å². The Balaban J connectivity index is 1.61. The molecule has 1 aromatic rings. The average molecular weight is 382 g/mol. The Morgan fingerprint density at radius 3 is 2.48 bits per heavy atom. The summed E-state index contributed by atoms with van der Waals surface area (Å²) in [6.07, 6.45) is -3.41. The normalized spacial score (nSPS) is 30.5. The molecule has 27 heavy (non-hydrogen) atoms. The summed E-state index contributed by atoms with van der Waals surface area (Å²) in [5.41, 5.74) is 0.964. The first-order chi connectivity index (χ1) is 12.8. The summed E-state index contributed by atoms with van der Waals surface area (Å²) in [6.45, 7) is 8.39. The summed E-state index contributed by atoms with van der Waals surface area (Å²) in [5.74, 6) is 0.511. The second kappa shape index (κ2) is 8.43. The van der Waals surface area contributed by atoms with Gasteiger partial charge in [0.05, 0.1) is 19.8 Å². The Labute approximate surface area is 160 Å². The van der Waals surface area contributed by atoms with Gasteiger partial charge in [0.2, 0.25) is 0 Å². The van der Waals surface area contributed by atoms with Crippen molar-refractivity contribution < 1.29 is 33.9 Å². The Morgan fingerprint density at radius 2 is 1.85 bits per heavy atom. The summed E-state index contributed by atoms with van der Waals surface area (Å²) < 4.78 is 29.1. The molecule has 2 aliphatic rings. The molecule has 2 heterocycles. The first-order valence-electron chi connectivity index (χ1n) is 9.42. The Kier molecular flexibility index (Phi) is 6.40. The highest BCUT2D eigenvalue weighted by molar-refractivity contribution is 5.27. The summed E-state index contributed by atoms with van der Waals surface area (Å²) in [7, 11) is 0. The van der Waals surface area contributed by atoms with Crippen LogP contribution in [0.3, 0.4) is 0 Å². The molecular formula is C20H30O7. The first kappa shape index (κ1) is 20.5. The highest BCUT2D eigenvalue weighted by atomic mass is 16.8. The Bertz CT molecular complexity index is 601. The monoisotopic (exact) mass is 382 g/mol. The van der Waals surface area contributed by atoms with Gasteiger partial charge in [-0.3, -0.25) is 0 Å². The van der Waals surface area contributed by atoms with Crippen LogP contribution < -0.4 is 4.74 Å². The number of hydrogen-bond acceptors (Lipinski definition) is 7. The molecular weight excluding hydrogens is 352 g/mol. The zero-order valence-electron chi connectivity index (χ0n) is 16.3. The van der Waals surface area contributed by atoms with Gasteiger partial charge < -0.3 is 33.9 Å². The molecule has 7 nitrogen and oxygen atoms in total. The molecule has 0 amide bonds. The number of ether oxygens (including phenoxy) is 5. The maximum atomic E-state index is 10.1. The minimum atomic E-state index is -1.07. The number of benzene rings is 1. The fraction of sp³-hybridized carbons (Fsp3) is 0.700. The summed E-state index contributed by atoms with van der Waals surface area (Å²) in [5, 5.41) is 19.4. The van der Waals surface area contributed by atoms with Crippen molar-refractivity contribution in [3.05, 3.63) is 29.8 Å². The zero-order valence-corrected chi connectivity index (χ0v) is 16.3. The van der Waals surface area contributed by atoms with Gasteiger partial charge in [-0.05, 0) is 37.5 Å². The third kappa shape index (κ3) is 4.99. The molecule has 1 aromatic carbocycles. The topological polar surface area (TPSA) is 86.6 Å². The molecule has 0 bridgehead atoms. The van der Waals surface area contributed by atoms with Gasteiger partial charge in [0.25, 0.3) is 0 Å². The van der Waals surface area contributed by atoms with E-state index in [1.807, 2.05) is 24.3 Å². The molecule has 0 saturated carbocycles. The van der Waals surface area contributed by atoms with Crippen molar-refractivity contribution in [2.45, 2.75) is 70.8 Å². The van der Waals surface area contributed by atoms with E-state index in [2.05, 4.69) is 13.8 Å². The van der Waals surface area contributed by atoms with E-state index in [0.29, 0.717) is 19.1 Å². The van der Waals surface area contributed by atoms with Crippen LogP contribution in [-0.4, -0.2) is 59.9 Å². The molecule has 2 fully saturated rings. The Hall–Kier alpha value is -1.22. The van der Waals surface area contributed by atoms with E-state index < -0.39 is 43.1 Å². The van der Waals surface area contributed by atoms with E-state index in [-0.39, 0.29) is 0 Å². The molecule has 5 atom stereocenters. The van der Waals surface area contributed by atoms with Crippen molar-refractivity contribution >= 4 is 0 Å². The first-order valence-corrected chi connectivity index (χ1v) is 9.42. The van der Waals surface area contributed by atoms with Crippen molar-refractivity contribution in [3.8, 4) is 5.75 Å². The largest absolute Gasteiger partial charge is 0.493 e. The van der Waals surface area contributed by atoms with Gasteiger partial charge in [-0.1, -0.05) is 26.0 Å². The van der Waals surface area contributed by atoms with Crippen molar-refractivity contribution in [2.24, 2.45) is 5.92 Å². The predicted octanol–water partition coefficient (Wildman–Crippen LogP) is 1.84. The van der Waals surface area contributed by atoms with Crippen LogP contribution in [0.5, 0.6) is 5.75 Å². The highest BCUT2D eigenvalue weighted by Crippen LogP contribution is 2.39. The van der Waals surface area contributed by atoms with Crippen LogP contribution in [0.15, 0.2) is 24.3 Å². The number of aliphatic hydroxyl groups excluding tert-OH is 2. The minimum Gasteiger partial charge on any atom is -0.493 e. The second-order valence-corrected chi connectivity index (χ2v) is 7.94. The molecule has 0 radical (unpaired) electrons. The molecule has 2 aliphatic heterocycles. The lowest BCUT2D eigenvalue weighted by Gasteiger charge is -2.28. The molecule has 0 aliphatic carbocycles. The quantitative estimate of drug-likeness (QED) is 0.709. The molecule has 0 aromatic heterocycles. The van der Waals surface area contributed by atoms with E-state index in [4.69, 9.17) is 23.7 Å². The maximum absolute atomic E-state index is 10.1. The minimum absolute atomic E-state index is 0.320. The molecule has 2 saturated heterocycles. The molecule has 0 spiro atoms. The van der Waals surface area contributed by atoms with Crippen molar-refractivity contribution in [1.82, 2.24) is 0 Å². The lowest BCUT2D eigenvalue weighted by atomic mass is 10.1. The van der Waals surface area contributed by atoms with Gasteiger partial charge in [0, 0.05) is 0 Å². The molecule has 3 rings (SSSR count). The van der Waals surface area contributed by atoms with Crippen molar-refractivity contribution in [2.75, 3.05) is 13.2 Å². The number of fused-ring (bicyclic) bond motifs is 1. The van der Waals surface area contributed by atoms with E-state index in [1.54, 1.807) is 13.8 Å². The Morgan fingerprint density at radius 1 is 1.15 bits per heavy atom. The number of rotatable bonds is 8. The SMILES string of the molecule is CC(C)COc1ccc(CO[C@H]2[C@@H]3OC(C)(C)O[C@@H]3O[C@H]2[C@H](O)CO)cc1. The van der Waals surface area contributed by atoms with Crippen LogP contribution in [0, 0.1) is 5.92 Å². The van der Waals surface area contributed by atoms with Gasteiger partial charge in [0.1, 0.15) is 30.2 Å². The van der Waals surface area contributed by atoms with E-state index in [1.165, 1.54) is 0 Å². The summed E-state index contributed by atoms with van der Waals surface area (Å²) in [4.78, 5) is 0. The number of aliphatic hydroxyl groups is 2. The number of hydrogen-bond donors (Lipinski definition) is 2. The fourth-order valence-corrected chi connectivity index (χ4v) is 3.24. The van der Waals surface area contributed by atoms with Gasteiger partial charge >= 0.3 is 0 Å². The maximum Gasteiger partial charge on any atom is 0.190 e. The molecule has 152 valence electrons. The van der Waals surface area contributed by atoms with E-state index in [0.717, 1.165) is 11.3 Å². The summed E-state index contributed by atoms with van der Waals surface area (Å²) in [6, 6.07) is 7.70. The average Bonchev–Trinajstić information content (AvgIpc) is 3.10. The van der Waals surface area contributed by atoms with Crippen molar-refractivity contribution in [1.29, 1.82) is 0 Å². The standard InChI is InChI=1S/C20H30O7/c1-12(2)10-23-14-7-5-13(6-8-14)11-24-17-16(15(22)9-21)25-19-18(17)26-20(3,4)27-19/h5-8,12,15-19,21-22H,9-11H2,1-4H3/t15-,16+,17-,18+,19+/m1/s1. The van der Waals surface area contributed by atoms with Gasteiger partial charge in [-0.2, -0.15) is 0 Å². The van der Waals surface area contributed by atoms with Crippen LogP contribution in [0.25, 0.3) is 0 Å². The van der Waals surface area contributed by atoms with E-state index >= 15 is 0 Å². The van der Waals surface area contributed by atoms with Crippen molar-refractivity contribution in [3.63, 3.8) is 0 Å². The molecule has 7 heteroatoms. The molecule has 0 unspecified atom stereocenters. The smallest absolute Gasteiger partial charge is 0.190 e. The fourth-order valence-electron chi connectivity index (χ4n) is 3.24. The third-order valence-electron chi connectivity index (χ3n) is 4.54.